The number of nitrogens with one attached hydrogen (secondary N) is 1. The molecule has 3 N–H and O–H groups in total. The molecule has 1 heterocycles. The van der Waals surface area contributed by atoms with Crippen molar-refractivity contribution in [1.82, 2.24) is 15.1 Å². The number of rotatable bonds is 7. The van der Waals surface area contributed by atoms with E-state index in [-0.39, 0.29) is 11.9 Å². The third kappa shape index (κ3) is 4.19. The molecule has 96 valence electrons. The first-order chi connectivity index (χ1) is 8.04. The molecule has 17 heavy (non-hydrogen) atoms. The molecule has 0 fully saturated rings. The maximum absolute atomic E-state index is 11.0. The predicted molar refractivity (Wildman–Crippen MR) is 67.5 cm³/mol. The lowest BCUT2D eigenvalue weighted by Crippen LogP contribution is -2.27. The van der Waals surface area contributed by atoms with Crippen molar-refractivity contribution in [3.8, 4) is 0 Å². The van der Waals surface area contributed by atoms with E-state index in [2.05, 4.69) is 31.2 Å². The van der Waals surface area contributed by atoms with E-state index < -0.39 is 0 Å². The van der Waals surface area contributed by atoms with Crippen LogP contribution in [-0.2, 0) is 4.79 Å². The van der Waals surface area contributed by atoms with Crippen LogP contribution in [0.4, 0.5) is 0 Å². The average Bonchev–Trinajstić information content (AvgIpc) is 2.72. The SMILES string of the molecule is CCCNC(CC(N)=O)c1cnn(C(C)C)c1. The zero-order chi connectivity index (χ0) is 12.8. The summed E-state index contributed by atoms with van der Waals surface area (Å²) in [5.74, 6) is -0.295. The Hall–Kier alpha value is -1.36. The number of carbonyl (C=O) groups excluding carboxylic acids is 1. The standard InChI is InChI=1S/C12H22N4O/c1-4-5-14-11(6-12(13)17)10-7-15-16(8-10)9(2)3/h7-9,11,14H,4-6H2,1-3H3,(H2,13,17). The molecule has 0 saturated carbocycles. The average molecular weight is 238 g/mol. The van der Waals surface area contributed by atoms with Crippen molar-refractivity contribution in [2.75, 3.05) is 6.54 Å². The highest BCUT2D eigenvalue weighted by atomic mass is 16.1. The Balaban J connectivity index is 2.76. The maximum atomic E-state index is 11.0. The van der Waals surface area contributed by atoms with Crippen LogP contribution in [0, 0.1) is 0 Å². The van der Waals surface area contributed by atoms with E-state index in [4.69, 9.17) is 5.73 Å². The van der Waals surface area contributed by atoms with E-state index in [0.717, 1.165) is 18.5 Å². The Kier molecular flexibility index (Phi) is 5.15. The van der Waals surface area contributed by atoms with Gasteiger partial charge in [-0.25, -0.2) is 0 Å². The van der Waals surface area contributed by atoms with Gasteiger partial charge in [0.25, 0.3) is 0 Å². The van der Waals surface area contributed by atoms with Crippen LogP contribution < -0.4 is 11.1 Å². The highest BCUT2D eigenvalue weighted by Gasteiger charge is 2.15. The molecule has 0 aliphatic carbocycles. The van der Waals surface area contributed by atoms with Crippen LogP contribution in [0.2, 0.25) is 0 Å². The molecule has 0 saturated heterocycles. The molecule has 0 spiro atoms. The first-order valence-corrected chi connectivity index (χ1v) is 6.10. The van der Waals surface area contributed by atoms with E-state index in [1.165, 1.54) is 0 Å². The smallest absolute Gasteiger partial charge is 0.219 e. The largest absolute Gasteiger partial charge is 0.370 e. The lowest BCUT2D eigenvalue weighted by atomic mass is 10.1. The Bertz CT molecular complexity index is 359. The quantitative estimate of drug-likeness (QED) is 0.753. The zero-order valence-electron chi connectivity index (χ0n) is 10.8. The highest BCUT2D eigenvalue weighted by Crippen LogP contribution is 2.17. The molecule has 1 unspecified atom stereocenters. The second kappa shape index (κ2) is 6.39. The molecule has 5 nitrogen and oxygen atoms in total. The summed E-state index contributed by atoms with van der Waals surface area (Å²) in [7, 11) is 0. The molecule has 1 amide bonds. The van der Waals surface area contributed by atoms with Gasteiger partial charge >= 0.3 is 0 Å². The van der Waals surface area contributed by atoms with E-state index in [1.807, 2.05) is 10.9 Å². The van der Waals surface area contributed by atoms with Crippen molar-refractivity contribution in [2.45, 2.75) is 45.7 Å². The minimum absolute atomic E-state index is 0.0278. The molecule has 0 aliphatic rings. The minimum atomic E-state index is -0.295. The topological polar surface area (TPSA) is 72.9 Å². The van der Waals surface area contributed by atoms with Crippen molar-refractivity contribution in [3.63, 3.8) is 0 Å². The molecule has 1 aromatic heterocycles. The van der Waals surface area contributed by atoms with Gasteiger partial charge in [0, 0.05) is 30.3 Å². The molecule has 0 bridgehead atoms. The molecule has 1 rings (SSSR count). The number of nitrogens with two attached hydrogens (primary N) is 1. The van der Waals surface area contributed by atoms with Crippen LogP contribution in [0.1, 0.15) is 51.3 Å². The number of primary amides is 1. The van der Waals surface area contributed by atoms with Crippen LogP contribution in [0.5, 0.6) is 0 Å². The number of hydrogen-bond donors (Lipinski definition) is 2. The van der Waals surface area contributed by atoms with Crippen LogP contribution in [0.25, 0.3) is 0 Å². The third-order valence-electron chi connectivity index (χ3n) is 2.60. The van der Waals surface area contributed by atoms with Crippen molar-refractivity contribution >= 4 is 5.91 Å². The Morgan fingerprint density at radius 3 is 2.76 bits per heavy atom. The summed E-state index contributed by atoms with van der Waals surface area (Å²) >= 11 is 0. The summed E-state index contributed by atoms with van der Waals surface area (Å²) in [6.07, 6.45) is 5.11. The third-order valence-corrected chi connectivity index (χ3v) is 2.60. The molecular weight excluding hydrogens is 216 g/mol. The summed E-state index contributed by atoms with van der Waals surface area (Å²) < 4.78 is 1.89. The monoisotopic (exact) mass is 238 g/mol. The van der Waals surface area contributed by atoms with Gasteiger partial charge in [-0.3, -0.25) is 9.48 Å². The number of hydrogen-bond acceptors (Lipinski definition) is 3. The summed E-state index contributed by atoms with van der Waals surface area (Å²) in [5.41, 5.74) is 6.28. The first kappa shape index (κ1) is 13.7. The second-order valence-corrected chi connectivity index (χ2v) is 4.52. The van der Waals surface area contributed by atoms with E-state index in [0.29, 0.717) is 12.5 Å². The zero-order valence-corrected chi connectivity index (χ0v) is 10.8. The fraction of sp³-hybridized carbons (Fsp3) is 0.667. The van der Waals surface area contributed by atoms with Crippen molar-refractivity contribution < 1.29 is 4.79 Å². The molecule has 0 aliphatic heterocycles. The van der Waals surface area contributed by atoms with Gasteiger partial charge in [0.15, 0.2) is 0 Å². The normalized spacial score (nSPS) is 12.9. The van der Waals surface area contributed by atoms with Crippen molar-refractivity contribution in [1.29, 1.82) is 0 Å². The van der Waals surface area contributed by atoms with Gasteiger partial charge in [0.05, 0.1) is 6.20 Å². The molecule has 0 aromatic carbocycles. The van der Waals surface area contributed by atoms with E-state index in [1.54, 1.807) is 6.20 Å². The fourth-order valence-electron chi connectivity index (χ4n) is 1.64. The van der Waals surface area contributed by atoms with Gasteiger partial charge < -0.3 is 11.1 Å². The number of amides is 1. The number of aromatic nitrogens is 2. The van der Waals surface area contributed by atoms with Gasteiger partial charge in [-0.15, -0.1) is 0 Å². The summed E-state index contributed by atoms with van der Waals surface area (Å²) in [5, 5.41) is 7.59. The van der Waals surface area contributed by atoms with Crippen LogP contribution in [0.3, 0.4) is 0 Å². The first-order valence-electron chi connectivity index (χ1n) is 6.10. The van der Waals surface area contributed by atoms with Gasteiger partial charge in [0.2, 0.25) is 5.91 Å². The van der Waals surface area contributed by atoms with Crippen LogP contribution in [0.15, 0.2) is 12.4 Å². The van der Waals surface area contributed by atoms with E-state index >= 15 is 0 Å². The summed E-state index contributed by atoms with van der Waals surface area (Å²) in [6, 6.07) is 0.295. The lowest BCUT2D eigenvalue weighted by molar-refractivity contribution is -0.118. The molecule has 5 heteroatoms. The Labute approximate surface area is 102 Å². The lowest BCUT2D eigenvalue weighted by Gasteiger charge is -2.15. The molecule has 1 aromatic rings. The maximum Gasteiger partial charge on any atom is 0.219 e. The van der Waals surface area contributed by atoms with Crippen LogP contribution >= 0.6 is 0 Å². The molecule has 0 radical (unpaired) electrons. The summed E-state index contributed by atoms with van der Waals surface area (Å²) in [4.78, 5) is 11.0. The van der Waals surface area contributed by atoms with Gasteiger partial charge in [0.1, 0.15) is 0 Å². The molecular formula is C12H22N4O. The highest BCUT2D eigenvalue weighted by molar-refractivity contribution is 5.74. The minimum Gasteiger partial charge on any atom is -0.370 e. The van der Waals surface area contributed by atoms with Gasteiger partial charge in [-0.1, -0.05) is 6.92 Å². The van der Waals surface area contributed by atoms with E-state index in [9.17, 15) is 4.79 Å². The second-order valence-electron chi connectivity index (χ2n) is 4.52. The van der Waals surface area contributed by atoms with Crippen LogP contribution in [-0.4, -0.2) is 22.2 Å². The van der Waals surface area contributed by atoms with Crippen molar-refractivity contribution in [3.05, 3.63) is 18.0 Å². The number of nitrogens with zero attached hydrogens (tertiary/aromatic N) is 2. The number of carbonyl (C=O) groups is 1. The van der Waals surface area contributed by atoms with Gasteiger partial charge in [-0.05, 0) is 26.8 Å². The Morgan fingerprint density at radius 1 is 1.59 bits per heavy atom. The fourth-order valence-corrected chi connectivity index (χ4v) is 1.64. The van der Waals surface area contributed by atoms with Gasteiger partial charge in [-0.2, -0.15) is 5.10 Å². The summed E-state index contributed by atoms with van der Waals surface area (Å²) in [6.45, 7) is 7.09. The predicted octanol–water partition coefficient (Wildman–Crippen LogP) is 1.38. The van der Waals surface area contributed by atoms with Crippen molar-refractivity contribution in [2.24, 2.45) is 5.73 Å². The Morgan fingerprint density at radius 2 is 2.29 bits per heavy atom. The molecule has 1 atom stereocenters.